The third-order valence-electron chi connectivity index (χ3n) is 10.8. The average molecular weight is 655 g/mol. The summed E-state index contributed by atoms with van der Waals surface area (Å²) in [6.07, 6.45) is 0. The summed E-state index contributed by atoms with van der Waals surface area (Å²) in [4.78, 5) is 0. The predicted octanol–water partition coefficient (Wildman–Crippen LogP) is 14.2. The third-order valence-corrected chi connectivity index (χ3v) is 10.8. The first-order valence-electron chi connectivity index (χ1n) is 17.4. The molecule has 0 radical (unpaired) electrons. The van der Waals surface area contributed by atoms with Gasteiger partial charge in [0.1, 0.15) is 22.3 Å². The zero-order valence-corrected chi connectivity index (χ0v) is 28.1. The monoisotopic (exact) mass is 654 g/mol. The topological polar surface area (TPSA) is 39.4 Å². The number of para-hydroxylation sites is 2. The Morgan fingerprint density at radius 3 is 1.55 bits per heavy atom. The van der Waals surface area contributed by atoms with Crippen LogP contribution in [0, 0.1) is 13.8 Å². The molecule has 0 aliphatic rings. The highest BCUT2D eigenvalue weighted by Crippen LogP contribution is 2.41. The first kappa shape index (κ1) is 28.3. The molecule has 0 spiro atoms. The maximum absolute atomic E-state index is 6.41. The Balaban J connectivity index is 0.992. The second kappa shape index (κ2) is 10.5. The number of benzene rings is 8. The molecule has 3 nitrogen and oxygen atoms in total. The summed E-state index contributed by atoms with van der Waals surface area (Å²) in [5, 5.41) is 9.06. The molecule has 3 heterocycles. The number of furan rings is 3. The van der Waals surface area contributed by atoms with Crippen molar-refractivity contribution in [3.8, 4) is 33.4 Å². The molecule has 0 aliphatic heterocycles. The fourth-order valence-electron chi connectivity index (χ4n) is 8.11. The molecule has 11 aromatic rings. The van der Waals surface area contributed by atoms with E-state index in [-0.39, 0.29) is 0 Å². The molecule has 0 amide bonds. The molecule has 240 valence electrons. The van der Waals surface area contributed by atoms with Gasteiger partial charge in [-0.2, -0.15) is 0 Å². The molecule has 0 fully saturated rings. The zero-order valence-electron chi connectivity index (χ0n) is 28.1. The van der Waals surface area contributed by atoms with E-state index in [0.29, 0.717) is 0 Å². The van der Waals surface area contributed by atoms with Gasteiger partial charge in [-0.1, -0.05) is 84.9 Å². The van der Waals surface area contributed by atoms with Crippen LogP contribution in [0.4, 0.5) is 0 Å². The van der Waals surface area contributed by atoms with E-state index >= 15 is 0 Å². The molecular weight excluding hydrogens is 625 g/mol. The molecule has 3 heteroatoms. The minimum Gasteiger partial charge on any atom is -0.456 e. The summed E-state index contributed by atoms with van der Waals surface area (Å²) >= 11 is 0. The number of fused-ring (bicyclic) bond motifs is 11. The Morgan fingerprint density at radius 1 is 0.333 bits per heavy atom. The summed E-state index contributed by atoms with van der Waals surface area (Å²) in [6, 6.07) is 52.0. The van der Waals surface area contributed by atoms with Crippen LogP contribution in [0.3, 0.4) is 0 Å². The quantitative estimate of drug-likeness (QED) is 0.190. The average Bonchev–Trinajstić information content (AvgIpc) is 3.86. The van der Waals surface area contributed by atoms with E-state index < -0.39 is 0 Å². The molecule has 0 bridgehead atoms. The first-order chi connectivity index (χ1) is 25.1. The van der Waals surface area contributed by atoms with Crippen molar-refractivity contribution < 1.29 is 13.3 Å². The second-order valence-corrected chi connectivity index (χ2v) is 13.7. The maximum atomic E-state index is 6.41. The van der Waals surface area contributed by atoms with Crippen LogP contribution < -0.4 is 0 Å². The summed E-state index contributed by atoms with van der Waals surface area (Å²) in [5.74, 6) is 0. The van der Waals surface area contributed by atoms with Crippen molar-refractivity contribution in [2.45, 2.75) is 13.8 Å². The van der Waals surface area contributed by atoms with Gasteiger partial charge in [0.05, 0.1) is 0 Å². The molecular formula is C48H30O3. The number of hydrogen-bond acceptors (Lipinski definition) is 3. The lowest BCUT2D eigenvalue weighted by atomic mass is 9.91. The summed E-state index contributed by atoms with van der Waals surface area (Å²) in [7, 11) is 0. The molecule has 51 heavy (non-hydrogen) atoms. The molecule has 0 unspecified atom stereocenters. The molecule has 0 saturated heterocycles. The van der Waals surface area contributed by atoms with Crippen LogP contribution in [0.15, 0.2) is 159 Å². The zero-order chi connectivity index (χ0) is 33.8. The van der Waals surface area contributed by atoms with Crippen LogP contribution in [-0.2, 0) is 0 Å². The van der Waals surface area contributed by atoms with Crippen molar-refractivity contribution in [2.24, 2.45) is 0 Å². The number of rotatable bonds is 3. The first-order valence-corrected chi connectivity index (χ1v) is 17.4. The molecule has 0 aliphatic carbocycles. The minimum atomic E-state index is 0.796. The Bertz CT molecular complexity index is 3220. The Kier molecular flexibility index (Phi) is 5.80. The molecule has 8 aromatic carbocycles. The van der Waals surface area contributed by atoms with Crippen molar-refractivity contribution >= 4 is 76.6 Å². The summed E-state index contributed by atoms with van der Waals surface area (Å²) in [6.45, 7) is 4.36. The van der Waals surface area contributed by atoms with Gasteiger partial charge in [-0.15, -0.1) is 0 Å². The van der Waals surface area contributed by atoms with Gasteiger partial charge in [0.2, 0.25) is 0 Å². The van der Waals surface area contributed by atoms with Gasteiger partial charge < -0.3 is 13.3 Å². The van der Waals surface area contributed by atoms with Crippen LogP contribution in [0.25, 0.3) is 110 Å². The predicted molar refractivity (Wildman–Crippen MR) is 212 cm³/mol. The van der Waals surface area contributed by atoms with E-state index in [2.05, 4.69) is 129 Å². The number of hydrogen-bond donors (Lipinski definition) is 0. The van der Waals surface area contributed by atoms with E-state index in [1.165, 1.54) is 44.2 Å². The third kappa shape index (κ3) is 4.18. The standard InChI is InChI=1S/C48H30O3/c1-27-11-12-32(25-41(27)35-18-19-38-36-7-3-5-9-43(36)49-46(38)28(35)2)30-15-13-29-14-16-31(24-34(29)23-30)33-17-22-45-42(26-33)40-21-20-39-37-8-4-6-10-44(37)50-47(39)48(40)51-45/h3-26H,1-2H3. The molecule has 3 aromatic heterocycles. The van der Waals surface area contributed by atoms with Gasteiger partial charge in [0, 0.05) is 37.9 Å². The van der Waals surface area contributed by atoms with E-state index in [1.807, 2.05) is 30.3 Å². The van der Waals surface area contributed by atoms with Gasteiger partial charge in [0.25, 0.3) is 0 Å². The molecule has 11 rings (SSSR count). The highest BCUT2D eigenvalue weighted by atomic mass is 16.4. The lowest BCUT2D eigenvalue weighted by Gasteiger charge is -2.13. The SMILES string of the molecule is Cc1ccc(-c2ccc3ccc(-c4ccc5oc6c(ccc7c8ccccc8oc76)c5c4)cc3c2)cc1-c1ccc2c(oc3ccccc32)c1C. The molecule has 0 saturated carbocycles. The van der Waals surface area contributed by atoms with Crippen molar-refractivity contribution in [2.75, 3.05) is 0 Å². The van der Waals surface area contributed by atoms with E-state index in [4.69, 9.17) is 13.3 Å². The van der Waals surface area contributed by atoms with Crippen LogP contribution in [0.2, 0.25) is 0 Å². The van der Waals surface area contributed by atoms with Gasteiger partial charge in [0.15, 0.2) is 11.2 Å². The van der Waals surface area contributed by atoms with Crippen molar-refractivity contribution in [1.29, 1.82) is 0 Å². The van der Waals surface area contributed by atoms with E-state index in [0.717, 1.165) is 76.9 Å². The Labute approximate surface area is 292 Å². The molecule has 0 N–H and O–H groups in total. The fraction of sp³-hybridized carbons (Fsp3) is 0.0417. The Hall–Kier alpha value is -6.58. The van der Waals surface area contributed by atoms with Crippen LogP contribution in [0.1, 0.15) is 11.1 Å². The number of aryl methyl sites for hydroxylation is 2. The normalized spacial score (nSPS) is 12.1. The van der Waals surface area contributed by atoms with Crippen molar-refractivity contribution in [1.82, 2.24) is 0 Å². The van der Waals surface area contributed by atoms with Crippen molar-refractivity contribution in [3.05, 3.63) is 157 Å². The van der Waals surface area contributed by atoms with E-state index in [9.17, 15) is 0 Å². The highest BCUT2D eigenvalue weighted by Gasteiger charge is 2.17. The van der Waals surface area contributed by atoms with Crippen LogP contribution >= 0.6 is 0 Å². The van der Waals surface area contributed by atoms with Gasteiger partial charge in [-0.25, -0.2) is 0 Å². The highest BCUT2D eigenvalue weighted by molar-refractivity contribution is 6.19. The van der Waals surface area contributed by atoms with Crippen LogP contribution in [-0.4, -0.2) is 0 Å². The fourth-order valence-corrected chi connectivity index (χ4v) is 8.11. The van der Waals surface area contributed by atoms with Crippen LogP contribution in [0.5, 0.6) is 0 Å². The van der Waals surface area contributed by atoms with Gasteiger partial charge in [-0.05, 0) is 124 Å². The summed E-state index contributed by atoms with van der Waals surface area (Å²) < 4.78 is 19.1. The molecule has 0 atom stereocenters. The van der Waals surface area contributed by atoms with Gasteiger partial charge >= 0.3 is 0 Å². The van der Waals surface area contributed by atoms with E-state index in [1.54, 1.807) is 0 Å². The largest absolute Gasteiger partial charge is 0.456 e. The lowest BCUT2D eigenvalue weighted by molar-refractivity contribution is 0.633. The van der Waals surface area contributed by atoms with Crippen molar-refractivity contribution in [3.63, 3.8) is 0 Å². The summed E-state index contributed by atoms with van der Waals surface area (Å²) in [5.41, 5.74) is 14.7. The maximum Gasteiger partial charge on any atom is 0.178 e. The second-order valence-electron chi connectivity index (χ2n) is 13.7. The van der Waals surface area contributed by atoms with Gasteiger partial charge in [-0.3, -0.25) is 0 Å². The Morgan fingerprint density at radius 2 is 0.843 bits per heavy atom. The minimum absolute atomic E-state index is 0.796. The smallest absolute Gasteiger partial charge is 0.178 e. The lowest BCUT2D eigenvalue weighted by Crippen LogP contribution is -1.90.